The number of nitrogens with zero attached hydrogens (tertiary/aromatic N) is 1. The first-order valence-corrected chi connectivity index (χ1v) is 6.53. The van der Waals surface area contributed by atoms with Gasteiger partial charge in [-0.05, 0) is 25.7 Å². The lowest BCUT2D eigenvalue weighted by Gasteiger charge is -2.33. The van der Waals surface area contributed by atoms with Crippen LogP contribution in [0.1, 0.15) is 38.5 Å². The maximum absolute atomic E-state index is 12.3. The average molecular weight is 240 g/mol. The number of hydrogen-bond donors (Lipinski definition) is 3. The lowest BCUT2D eigenvalue weighted by molar-refractivity contribution is -0.137. The van der Waals surface area contributed by atoms with Gasteiger partial charge in [-0.15, -0.1) is 0 Å². The maximum Gasteiger partial charge on any atom is 0.475 e. The fourth-order valence-corrected chi connectivity index (χ4v) is 3.06. The summed E-state index contributed by atoms with van der Waals surface area (Å²) in [6.45, 7) is 0.629. The van der Waals surface area contributed by atoms with Crippen LogP contribution in [0.2, 0.25) is 0 Å². The van der Waals surface area contributed by atoms with Gasteiger partial charge in [0.1, 0.15) is 0 Å². The zero-order valence-electron chi connectivity index (χ0n) is 10.1. The van der Waals surface area contributed by atoms with Crippen molar-refractivity contribution < 1.29 is 14.8 Å². The molecule has 0 radical (unpaired) electrons. The van der Waals surface area contributed by atoms with Crippen LogP contribution in [0.3, 0.4) is 0 Å². The molecule has 1 aliphatic carbocycles. The summed E-state index contributed by atoms with van der Waals surface area (Å²) in [6, 6.07) is -0.0617. The summed E-state index contributed by atoms with van der Waals surface area (Å²) < 4.78 is 0. The molecule has 5 nitrogen and oxygen atoms in total. The summed E-state index contributed by atoms with van der Waals surface area (Å²) >= 11 is 0. The van der Waals surface area contributed by atoms with E-state index in [2.05, 4.69) is 0 Å². The Labute approximate surface area is 102 Å². The van der Waals surface area contributed by atoms with Gasteiger partial charge < -0.3 is 20.7 Å². The average Bonchev–Trinajstić information content (AvgIpc) is 2.77. The van der Waals surface area contributed by atoms with Crippen molar-refractivity contribution in [3.63, 3.8) is 0 Å². The Morgan fingerprint density at radius 1 is 1.18 bits per heavy atom. The zero-order chi connectivity index (χ0) is 12.4. The minimum Gasteiger partial charge on any atom is -0.426 e. The fourth-order valence-electron chi connectivity index (χ4n) is 3.06. The number of rotatable bonds is 2. The van der Waals surface area contributed by atoms with Crippen LogP contribution in [0, 0.1) is 5.92 Å². The molecular weight excluding hydrogens is 219 g/mol. The van der Waals surface area contributed by atoms with E-state index in [4.69, 9.17) is 5.73 Å². The van der Waals surface area contributed by atoms with Crippen LogP contribution in [0.25, 0.3) is 0 Å². The highest BCUT2D eigenvalue weighted by molar-refractivity contribution is 6.43. The van der Waals surface area contributed by atoms with Crippen LogP contribution >= 0.6 is 0 Å². The van der Waals surface area contributed by atoms with Gasteiger partial charge in [-0.2, -0.15) is 0 Å². The molecule has 1 saturated carbocycles. The van der Waals surface area contributed by atoms with Gasteiger partial charge in [0.05, 0.1) is 11.9 Å². The molecule has 17 heavy (non-hydrogen) atoms. The Bertz CT molecular complexity index is 288. The van der Waals surface area contributed by atoms with E-state index in [9.17, 15) is 14.8 Å². The van der Waals surface area contributed by atoms with Crippen molar-refractivity contribution >= 4 is 13.0 Å². The Hall–Kier alpha value is -0.585. The van der Waals surface area contributed by atoms with Gasteiger partial charge in [-0.3, -0.25) is 4.79 Å². The van der Waals surface area contributed by atoms with Gasteiger partial charge in [0.15, 0.2) is 0 Å². The third kappa shape index (κ3) is 2.64. The van der Waals surface area contributed by atoms with Crippen molar-refractivity contribution in [3.05, 3.63) is 0 Å². The van der Waals surface area contributed by atoms with E-state index >= 15 is 0 Å². The maximum atomic E-state index is 12.3. The van der Waals surface area contributed by atoms with E-state index in [1.54, 1.807) is 4.90 Å². The van der Waals surface area contributed by atoms with Crippen LogP contribution in [-0.2, 0) is 4.79 Å². The lowest BCUT2D eigenvalue weighted by Crippen LogP contribution is -2.51. The normalized spacial score (nSPS) is 33.8. The molecule has 2 rings (SSSR count). The van der Waals surface area contributed by atoms with Crippen molar-refractivity contribution in [2.45, 2.75) is 50.5 Å². The number of likely N-dealkylation sites (tertiary alicyclic amines) is 1. The summed E-state index contributed by atoms with van der Waals surface area (Å²) in [7, 11) is -1.43. The van der Waals surface area contributed by atoms with E-state index in [1.165, 1.54) is 0 Å². The first-order valence-electron chi connectivity index (χ1n) is 6.53. The van der Waals surface area contributed by atoms with Crippen molar-refractivity contribution in [1.82, 2.24) is 4.90 Å². The molecule has 96 valence electrons. The van der Waals surface area contributed by atoms with Crippen LogP contribution in [0.5, 0.6) is 0 Å². The van der Waals surface area contributed by atoms with Crippen molar-refractivity contribution in [2.24, 2.45) is 11.7 Å². The number of hydrogen-bond acceptors (Lipinski definition) is 4. The lowest BCUT2D eigenvalue weighted by atomic mass is 9.76. The monoisotopic (exact) mass is 240 g/mol. The Morgan fingerprint density at radius 2 is 1.88 bits per heavy atom. The predicted octanol–water partition coefficient (Wildman–Crippen LogP) is -0.493. The smallest absolute Gasteiger partial charge is 0.426 e. The molecule has 6 heteroatoms. The van der Waals surface area contributed by atoms with Crippen molar-refractivity contribution in [1.29, 1.82) is 0 Å². The molecule has 1 amide bonds. The third-order valence-corrected chi connectivity index (χ3v) is 4.06. The van der Waals surface area contributed by atoms with E-state index in [0.717, 1.165) is 32.1 Å². The number of carbonyl (C=O) groups excluding carboxylic acids is 1. The van der Waals surface area contributed by atoms with Gasteiger partial charge >= 0.3 is 7.12 Å². The van der Waals surface area contributed by atoms with E-state index in [1.807, 2.05) is 0 Å². The molecule has 4 N–H and O–H groups in total. The summed E-state index contributed by atoms with van der Waals surface area (Å²) in [5.41, 5.74) is 6.00. The second kappa shape index (κ2) is 5.37. The van der Waals surface area contributed by atoms with Gasteiger partial charge in [0, 0.05) is 12.6 Å². The molecule has 2 fully saturated rings. The van der Waals surface area contributed by atoms with Gasteiger partial charge in [0.25, 0.3) is 0 Å². The summed E-state index contributed by atoms with van der Waals surface area (Å²) in [5, 5.41) is 18.5. The van der Waals surface area contributed by atoms with E-state index < -0.39 is 13.1 Å². The molecule has 1 saturated heterocycles. The molecule has 2 aliphatic rings. The second-order valence-corrected chi connectivity index (χ2v) is 5.21. The highest BCUT2D eigenvalue weighted by Gasteiger charge is 2.40. The molecule has 0 unspecified atom stereocenters. The molecule has 0 spiro atoms. The first-order chi connectivity index (χ1) is 8.11. The first kappa shape index (κ1) is 12.9. The molecule has 0 aromatic heterocycles. The van der Waals surface area contributed by atoms with Gasteiger partial charge in [-0.1, -0.05) is 12.8 Å². The molecular formula is C11H21BN2O3. The highest BCUT2D eigenvalue weighted by Crippen LogP contribution is 2.28. The Balaban J connectivity index is 2.03. The quantitative estimate of drug-likeness (QED) is 0.568. The number of nitrogens with two attached hydrogens (primary N) is 1. The molecule has 0 aromatic rings. The molecule has 0 aromatic carbocycles. The summed E-state index contributed by atoms with van der Waals surface area (Å²) in [6.07, 6.45) is 5.39. The fraction of sp³-hybridized carbons (Fsp3) is 0.909. The molecule has 0 bridgehead atoms. The third-order valence-electron chi connectivity index (χ3n) is 4.06. The minimum atomic E-state index is -1.43. The molecule has 1 aliphatic heterocycles. The zero-order valence-corrected chi connectivity index (χ0v) is 10.1. The molecule has 1 heterocycles. The van der Waals surface area contributed by atoms with Crippen LogP contribution < -0.4 is 5.73 Å². The van der Waals surface area contributed by atoms with Crippen molar-refractivity contribution in [2.75, 3.05) is 6.54 Å². The Morgan fingerprint density at radius 3 is 2.53 bits per heavy atom. The van der Waals surface area contributed by atoms with Crippen LogP contribution in [0.15, 0.2) is 0 Å². The predicted molar refractivity (Wildman–Crippen MR) is 64.9 cm³/mol. The van der Waals surface area contributed by atoms with Crippen LogP contribution in [-0.4, -0.2) is 46.5 Å². The van der Waals surface area contributed by atoms with Gasteiger partial charge in [-0.25, -0.2) is 0 Å². The number of carbonyl (C=O) groups is 1. The Kier molecular flexibility index (Phi) is 4.07. The minimum absolute atomic E-state index is 0.0211. The standard InChI is InChI=1S/C11H21BN2O3/c13-9-5-2-1-4-8(9)11(15)14-7-3-6-10(14)12(16)17/h8-10,16-17H,1-7,13H2/t8-,9-,10-/m0/s1. The highest BCUT2D eigenvalue weighted by atomic mass is 16.4. The van der Waals surface area contributed by atoms with E-state index in [0.29, 0.717) is 13.0 Å². The molecule has 3 atom stereocenters. The number of amides is 1. The summed E-state index contributed by atoms with van der Waals surface area (Å²) in [4.78, 5) is 14.0. The van der Waals surface area contributed by atoms with Crippen LogP contribution in [0.4, 0.5) is 0 Å². The van der Waals surface area contributed by atoms with E-state index in [-0.39, 0.29) is 17.9 Å². The van der Waals surface area contributed by atoms with Gasteiger partial charge in [0.2, 0.25) is 5.91 Å². The largest absolute Gasteiger partial charge is 0.475 e. The topological polar surface area (TPSA) is 86.8 Å². The second-order valence-electron chi connectivity index (χ2n) is 5.21. The SMILES string of the molecule is N[C@H]1CCCC[C@@H]1C(=O)N1CCC[C@H]1B(O)O. The summed E-state index contributed by atoms with van der Waals surface area (Å²) in [5.74, 6) is -0.535. The van der Waals surface area contributed by atoms with Crippen molar-refractivity contribution in [3.8, 4) is 0 Å².